The highest BCUT2D eigenvalue weighted by atomic mass is 16.5. The van der Waals surface area contributed by atoms with Crippen LogP contribution in [0.25, 0.3) is 5.65 Å². The Morgan fingerprint density at radius 3 is 2.69 bits per heavy atom. The lowest BCUT2D eigenvalue weighted by atomic mass is 10.1. The second-order valence-electron chi connectivity index (χ2n) is 7.15. The zero-order chi connectivity index (χ0) is 20.6. The Labute approximate surface area is 171 Å². The van der Waals surface area contributed by atoms with Crippen molar-refractivity contribution in [1.29, 1.82) is 0 Å². The van der Waals surface area contributed by atoms with Gasteiger partial charge in [-0.1, -0.05) is 37.6 Å². The lowest BCUT2D eigenvalue weighted by Crippen LogP contribution is -2.39. The van der Waals surface area contributed by atoms with Crippen LogP contribution in [0.2, 0.25) is 0 Å². The standard InChI is InChI=1S/C22H29N5O2/c1-4-9-18(21-26-25-19-12-5-6-14-27(19)21)24-22(28)23-13-8-15-29-20-16(2)10-7-11-17(20)3/h5-7,10-12,14,18H,4,8-9,13,15H2,1-3H3,(H2,23,24,28). The molecule has 3 aromatic rings. The molecule has 1 aromatic carbocycles. The summed E-state index contributed by atoms with van der Waals surface area (Å²) in [6, 6.07) is 11.4. The number of carbonyl (C=O) groups is 1. The monoisotopic (exact) mass is 395 g/mol. The molecule has 0 fully saturated rings. The summed E-state index contributed by atoms with van der Waals surface area (Å²) in [5.74, 6) is 1.68. The van der Waals surface area contributed by atoms with Gasteiger partial charge in [-0.2, -0.15) is 0 Å². The number of hydrogen-bond acceptors (Lipinski definition) is 4. The number of carbonyl (C=O) groups excluding carboxylic acids is 1. The van der Waals surface area contributed by atoms with Gasteiger partial charge in [-0.15, -0.1) is 10.2 Å². The molecular weight excluding hydrogens is 366 g/mol. The van der Waals surface area contributed by atoms with Gasteiger partial charge in [0, 0.05) is 12.7 Å². The van der Waals surface area contributed by atoms with Crippen molar-refractivity contribution in [3.8, 4) is 5.75 Å². The van der Waals surface area contributed by atoms with Crippen LogP contribution in [0.4, 0.5) is 4.79 Å². The number of nitrogens with zero attached hydrogens (tertiary/aromatic N) is 3. The number of fused-ring (bicyclic) bond motifs is 1. The van der Waals surface area contributed by atoms with Gasteiger partial charge in [-0.05, 0) is 49.9 Å². The van der Waals surface area contributed by atoms with Crippen molar-refractivity contribution in [1.82, 2.24) is 25.2 Å². The van der Waals surface area contributed by atoms with Crippen LogP contribution >= 0.6 is 0 Å². The number of hydrogen-bond donors (Lipinski definition) is 2. The highest BCUT2D eigenvalue weighted by Crippen LogP contribution is 2.22. The van der Waals surface area contributed by atoms with E-state index in [-0.39, 0.29) is 12.1 Å². The Hall–Kier alpha value is -3.09. The van der Waals surface area contributed by atoms with Crippen molar-refractivity contribution in [3.63, 3.8) is 0 Å². The normalized spacial score (nSPS) is 12.0. The Morgan fingerprint density at radius 1 is 1.14 bits per heavy atom. The van der Waals surface area contributed by atoms with Crippen molar-refractivity contribution >= 4 is 11.7 Å². The van der Waals surface area contributed by atoms with E-state index in [1.165, 1.54) is 0 Å². The molecule has 1 unspecified atom stereocenters. The SMILES string of the molecule is CCCC(NC(=O)NCCCOc1c(C)cccc1C)c1nnc2ccccn12. The van der Waals surface area contributed by atoms with Crippen molar-refractivity contribution < 1.29 is 9.53 Å². The quantitative estimate of drug-likeness (QED) is 0.538. The highest BCUT2D eigenvalue weighted by molar-refractivity contribution is 5.74. The lowest BCUT2D eigenvalue weighted by molar-refractivity contribution is 0.233. The maximum Gasteiger partial charge on any atom is 0.315 e. The van der Waals surface area contributed by atoms with E-state index in [0.717, 1.165) is 47.6 Å². The zero-order valence-electron chi connectivity index (χ0n) is 17.3. The molecule has 3 rings (SSSR count). The molecule has 7 nitrogen and oxygen atoms in total. The fourth-order valence-corrected chi connectivity index (χ4v) is 3.34. The first-order chi connectivity index (χ1) is 14.1. The number of para-hydroxylation sites is 1. The summed E-state index contributed by atoms with van der Waals surface area (Å²) in [6.07, 6.45) is 4.36. The Kier molecular flexibility index (Phi) is 7.05. The van der Waals surface area contributed by atoms with E-state index < -0.39 is 0 Å². The summed E-state index contributed by atoms with van der Waals surface area (Å²) in [7, 11) is 0. The van der Waals surface area contributed by atoms with Gasteiger partial charge in [0.1, 0.15) is 5.75 Å². The molecule has 1 atom stereocenters. The number of aromatic nitrogens is 3. The molecule has 2 aromatic heterocycles. The summed E-state index contributed by atoms with van der Waals surface area (Å²) in [5.41, 5.74) is 3.02. The number of aryl methyl sites for hydroxylation is 2. The molecule has 0 spiro atoms. The molecule has 0 saturated heterocycles. The molecule has 0 bridgehead atoms. The Balaban J connectivity index is 1.48. The van der Waals surface area contributed by atoms with Gasteiger partial charge in [-0.3, -0.25) is 4.40 Å². The van der Waals surface area contributed by atoms with Crippen LogP contribution in [-0.2, 0) is 0 Å². The Morgan fingerprint density at radius 2 is 1.93 bits per heavy atom. The highest BCUT2D eigenvalue weighted by Gasteiger charge is 2.19. The summed E-state index contributed by atoms with van der Waals surface area (Å²) in [5, 5.41) is 14.4. The molecule has 0 saturated carbocycles. The van der Waals surface area contributed by atoms with Crippen molar-refractivity contribution in [2.45, 2.75) is 46.1 Å². The molecule has 0 aliphatic rings. The molecule has 154 valence electrons. The van der Waals surface area contributed by atoms with Crippen LogP contribution in [-0.4, -0.2) is 33.8 Å². The predicted octanol–water partition coefficient (Wildman–Crippen LogP) is 3.96. The topological polar surface area (TPSA) is 80.5 Å². The molecule has 2 amide bonds. The van der Waals surface area contributed by atoms with E-state index in [1.54, 1.807) is 0 Å². The average Bonchev–Trinajstić information content (AvgIpc) is 3.13. The minimum atomic E-state index is -0.205. The van der Waals surface area contributed by atoms with Crippen LogP contribution in [0, 0.1) is 13.8 Å². The summed E-state index contributed by atoms with van der Waals surface area (Å²) in [4.78, 5) is 12.4. The maximum atomic E-state index is 12.4. The van der Waals surface area contributed by atoms with Crippen molar-refractivity contribution in [3.05, 3.63) is 59.5 Å². The molecule has 2 N–H and O–H groups in total. The van der Waals surface area contributed by atoms with E-state index in [1.807, 2.05) is 60.8 Å². The number of benzene rings is 1. The predicted molar refractivity (Wildman–Crippen MR) is 113 cm³/mol. The van der Waals surface area contributed by atoms with E-state index >= 15 is 0 Å². The number of nitrogens with one attached hydrogen (secondary N) is 2. The maximum absolute atomic E-state index is 12.4. The van der Waals surface area contributed by atoms with Crippen LogP contribution < -0.4 is 15.4 Å². The van der Waals surface area contributed by atoms with E-state index in [0.29, 0.717) is 13.2 Å². The van der Waals surface area contributed by atoms with Gasteiger partial charge in [-0.25, -0.2) is 4.79 Å². The van der Waals surface area contributed by atoms with E-state index in [2.05, 4.69) is 27.8 Å². The molecule has 0 aliphatic heterocycles. The minimum Gasteiger partial charge on any atom is -0.493 e. The van der Waals surface area contributed by atoms with Gasteiger partial charge in [0.05, 0.1) is 12.6 Å². The first kappa shape index (κ1) is 20.6. The second-order valence-corrected chi connectivity index (χ2v) is 7.15. The number of urea groups is 1. The number of rotatable bonds is 9. The fourth-order valence-electron chi connectivity index (χ4n) is 3.34. The Bertz CT molecular complexity index is 933. The van der Waals surface area contributed by atoms with Gasteiger partial charge < -0.3 is 15.4 Å². The van der Waals surface area contributed by atoms with Gasteiger partial charge in [0.25, 0.3) is 0 Å². The lowest BCUT2D eigenvalue weighted by Gasteiger charge is -2.17. The summed E-state index contributed by atoms with van der Waals surface area (Å²) < 4.78 is 7.80. The summed E-state index contributed by atoms with van der Waals surface area (Å²) >= 11 is 0. The first-order valence-corrected chi connectivity index (χ1v) is 10.1. The summed E-state index contributed by atoms with van der Waals surface area (Å²) in [6.45, 7) is 7.25. The largest absolute Gasteiger partial charge is 0.493 e. The van der Waals surface area contributed by atoms with Crippen molar-refractivity contribution in [2.75, 3.05) is 13.2 Å². The van der Waals surface area contributed by atoms with Crippen LogP contribution in [0.3, 0.4) is 0 Å². The van der Waals surface area contributed by atoms with Crippen LogP contribution in [0.15, 0.2) is 42.6 Å². The molecule has 29 heavy (non-hydrogen) atoms. The molecule has 7 heteroatoms. The minimum absolute atomic E-state index is 0.191. The van der Waals surface area contributed by atoms with Gasteiger partial charge in [0.2, 0.25) is 0 Å². The molecular formula is C22H29N5O2. The molecule has 2 heterocycles. The van der Waals surface area contributed by atoms with Gasteiger partial charge >= 0.3 is 6.03 Å². The smallest absolute Gasteiger partial charge is 0.315 e. The first-order valence-electron chi connectivity index (χ1n) is 10.1. The number of ether oxygens (including phenoxy) is 1. The third-order valence-corrected chi connectivity index (χ3v) is 4.80. The molecule has 0 radical (unpaired) electrons. The van der Waals surface area contributed by atoms with E-state index in [4.69, 9.17) is 4.74 Å². The number of amides is 2. The van der Waals surface area contributed by atoms with Crippen LogP contribution in [0.5, 0.6) is 5.75 Å². The average molecular weight is 396 g/mol. The third-order valence-electron chi connectivity index (χ3n) is 4.80. The number of pyridine rings is 1. The molecule has 0 aliphatic carbocycles. The second kappa shape index (κ2) is 9.91. The van der Waals surface area contributed by atoms with Gasteiger partial charge in [0.15, 0.2) is 11.5 Å². The zero-order valence-corrected chi connectivity index (χ0v) is 17.3. The van der Waals surface area contributed by atoms with E-state index in [9.17, 15) is 4.79 Å². The van der Waals surface area contributed by atoms with Crippen LogP contribution in [0.1, 0.15) is 49.2 Å². The third kappa shape index (κ3) is 5.25. The fraction of sp³-hybridized carbons (Fsp3) is 0.409. The van der Waals surface area contributed by atoms with Crippen molar-refractivity contribution in [2.24, 2.45) is 0 Å².